The number of pyridine rings is 1. The number of methoxy groups -OCH3 is 1. The molecule has 0 bridgehead atoms. The average molecular weight is 434 g/mol. The molecule has 4 rings (SSSR count). The normalized spacial score (nSPS) is 15.4. The highest BCUT2D eigenvalue weighted by Gasteiger charge is 2.22. The van der Waals surface area contributed by atoms with E-state index in [0.717, 1.165) is 70.1 Å². The number of aromatic nitrogens is 1. The smallest absolute Gasteiger partial charge is 0.246 e. The molecular formula is C26H31N3O3. The fourth-order valence-corrected chi connectivity index (χ4v) is 4.37. The minimum absolute atomic E-state index is 0.0416. The van der Waals surface area contributed by atoms with Crippen molar-refractivity contribution < 1.29 is 13.9 Å². The molecule has 32 heavy (non-hydrogen) atoms. The maximum absolute atomic E-state index is 13.0. The minimum atomic E-state index is 0.0416. The lowest BCUT2D eigenvalue weighted by atomic mass is 9.98. The van der Waals surface area contributed by atoms with Gasteiger partial charge in [0.15, 0.2) is 0 Å². The van der Waals surface area contributed by atoms with E-state index >= 15 is 0 Å². The Balaban J connectivity index is 1.50. The summed E-state index contributed by atoms with van der Waals surface area (Å²) >= 11 is 0. The second-order valence-electron chi connectivity index (χ2n) is 8.49. The fraction of sp³-hybridized carbons (Fsp3) is 0.385. The molecule has 6 nitrogen and oxygen atoms in total. The molecule has 1 aromatic carbocycles. The number of hydrogen-bond acceptors (Lipinski definition) is 5. The molecule has 0 atom stereocenters. The van der Waals surface area contributed by atoms with Crippen LogP contribution in [0, 0.1) is 20.8 Å². The van der Waals surface area contributed by atoms with Crippen molar-refractivity contribution in [3.05, 3.63) is 64.7 Å². The first-order valence-corrected chi connectivity index (χ1v) is 11.1. The van der Waals surface area contributed by atoms with Gasteiger partial charge in [-0.15, -0.1) is 0 Å². The van der Waals surface area contributed by atoms with E-state index in [2.05, 4.69) is 22.9 Å². The standard InChI is InChI=1S/C26H31N3O3/c1-17(22-15-23-18(2)20(4)32-26(23)19(3)25(22)31-5)14-24(30)29-12-10-28(11-13-29)16-21-8-6-7-9-27-21/h6-9,14-15H,10-13,16H2,1-5H3/b17-14+. The van der Waals surface area contributed by atoms with Crippen molar-refractivity contribution in [2.24, 2.45) is 0 Å². The van der Waals surface area contributed by atoms with Crippen LogP contribution in [0.3, 0.4) is 0 Å². The zero-order valence-corrected chi connectivity index (χ0v) is 19.6. The van der Waals surface area contributed by atoms with E-state index in [9.17, 15) is 4.79 Å². The summed E-state index contributed by atoms with van der Waals surface area (Å²) in [5.41, 5.74) is 5.82. The van der Waals surface area contributed by atoms with Crippen molar-refractivity contribution in [2.75, 3.05) is 33.3 Å². The third-order valence-corrected chi connectivity index (χ3v) is 6.41. The molecule has 3 aromatic rings. The number of benzene rings is 1. The molecule has 1 aliphatic heterocycles. The maximum Gasteiger partial charge on any atom is 0.246 e. The predicted octanol–water partition coefficient (Wildman–Crippen LogP) is 4.51. The van der Waals surface area contributed by atoms with Crippen LogP contribution in [0.25, 0.3) is 16.5 Å². The summed E-state index contributed by atoms with van der Waals surface area (Å²) in [4.78, 5) is 21.7. The number of rotatable bonds is 5. The van der Waals surface area contributed by atoms with E-state index in [1.807, 2.05) is 50.1 Å². The molecule has 1 saturated heterocycles. The number of allylic oxidation sites excluding steroid dienone is 1. The van der Waals surface area contributed by atoms with Gasteiger partial charge in [-0.2, -0.15) is 0 Å². The quantitative estimate of drug-likeness (QED) is 0.554. The Labute approximate surface area is 189 Å². The van der Waals surface area contributed by atoms with Crippen LogP contribution in [0.2, 0.25) is 0 Å². The molecule has 0 radical (unpaired) electrons. The first-order chi connectivity index (χ1) is 15.4. The second kappa shape index (κ2) is 9.17. The molecule has 1 aliphatic rings. The highest BCUT2D eigenvalue weighted by atomic mass is 16.5. The van der Waals surface area contributed by atoms with Crippen LogP contribution in [-0.4, -0.2) is 54.0 Å². The van der Waals surface area contributed by atoms with Gasteiger partial charge in [-0.25, -0.2) is 0 Å². The number of hydrogen-bond donors (Lipinski definition) is 0. The van der Waals surface area contributed by atoms with Gasteiger partial charge in [0.05, 0.1) is 12.8 Å². The molecular weight excluding hydrogens is 402 g/mol. The number of fused-ring (bicyclic) bond motifs is 1. The predicted molar refractivity (Wildman–Crippen MR) is 127 cm³/mol. The monoisotopic (exact) mass is 433 g/mol. The van der Waals surface area contributed by atoms with Crippen molar-refractivity contribution in [2.45, 2.75) is 34.2 Å². The third kappa shape index (κ3) is 4.28. The molecule has 168 valence electrons. The molecule has 1 fully saturated rings. The number of ether oxygens (including phenoxy) is 1. The minimum Gasteiger partial charge on any atom is -0.496 e. The van der Waals surface area contributed by atoms with Gasteiger partial charge in [0.2, 0.25) is 5.91 Å². The zero-order valence-electron chi connectivity index (χ0n) is 19.6. The Morgan fingerprint density at radius 2 is 1.91 bits per heavy atom. The molecule has 1 amide bonds. The van der Waals surface area contributed by atoms with Crippen LogP contribution in [0.15, 0.2) is 41.0 Å². The van der Waals surface area contributed by atoms with Gasteiger partial charge in [0.1, 0.15) is 17.1 Å². The molecule has 3 heterocycles. The van der Waals surface area contributed by atoms with Crippen molar-refractivity contribution in [1.29, 1.82) is 0 Å². The van der Waals surface area contributed by atoms with Gasteiger partial charge in [0, 0.05) is 61.5 Å². The molecule has 0 spiro atoms. The number of carbonyl (C=O) groups is 1. The van der Waals surface area contributed by atoms with E-state index in [1.165, 1.54) is 0 Å². The maximum atomic E-state index is 13.0. The number of piperazine rings is 1. The summed E-state index contributed by atoms with van der Waals surface area (Å²) < 4.78 is 11.7. The Kier molecular flexibility index (Phi) is 6.33. The van der Waals surface area contributed by atoms with E-state index in [0.29, 0.717) is 13.1 Å². The molecule has 0 aliphatic carbocycles. The Morgan fingerprint density at radius 1 is 1.16 bits per heavy atom. The zero-order chi connectivity index (χ0) is 22.8. The average Bonchev–Trinajstić information content (AvgIpc) is 3.09. The second-order valence-corrected chi connectivity index (χ2v) is 8.49. The molecule has 2 aromatic heterocycles. The largest absolute Gasteiger partial charge is 0.496 e. The molecule has 0 unspecified atom stereocenters. The van der Waals surface area contributed by atoms with Crippen LogP contribution < -0.4 is 4.74 Å². The number of furan rings is 1. The Hall–Kier alpha value is -3.12. The lowest BCUT2D eigenvalue weighted by Gasteiger charge is -2.34. The van der Waals surface area contributed by atoms with Gasteiger partial charge in [-0.1, -0.05) is 6.07 Å². The van der Waals surface area contributed by atoms with E-state index in [4.69, 9.17) is 9.15 Å². The number of amides is 1. The first-order valence-electron chi connectivity index (χ1n) is 11.1. The summed E-state index contributed by atoms with van der Waals surface area (Å²) in [6, 6.07) is 8.06. The Morgan fingerprint density at radius 3 is 2.56 bits per heavy atom. The van der Waals surface area contributed by atoms with Crippen LogP contribution in [0.4, 0.5) is 0 Å². The van der Waals surface area contributed by atoms with Crippen molar-refractivity contribution in [1.82, 2.24) is 14.8 Å². The molecule has 6 heteroatoms. The lowest BCUT2D eigenvalue weighted by molar-refractivity contribution is -0.127. The lowest BCUT2D eigenvalue weighted by Crippen LogP contribution is -2.47. The van der Waals surface area contributed by atoms with Gasteiger partial charge in [-0.3, -0.25) is 14.7 Å². The number of carbonyl (C=O) groups excluding carboxylic acids is 1. The van der Waals surface area contributed by atoms with Crippen LogP contribution >= 0.6 is 0 Å². The van der Waals surface area contributed by atoms with Gasteiger partial charge >= 0.3 is 0 Å². The topological polar surface area (TPSA) is 58.8 Å². The van der Waals surface area contributed by atoms with E-state index < -0.39 is 0 Å². The van der Waals surface area contributed by atoms with Crippen molar-refractivity contribution >= 4 is 22.4 Å². The van der Waals surface area contributed by atoms with Crippen LogP contribution in [-0.2, 0) is 11.3 Å². The Bertz CT molecular complexity index is 1160. The van der Waals surface area contributed by atoms with Crippen LogP contribution in [0.1, 0.15) is 35.1 Å². The first kappa shape index (κ1) is 22.1. The highest BCUT2D eigenvalue weighted by molar-refractivity contribution is 5.98. The molecule has 0 N–H and O–H groups in total. The van der Waals surface area contributed by atoms with E-state index in [-0.39, 0.29) is 5.91 Å². The number of aryl methyl sites for hydroxylation is 3. The SMILES string of the molecule is COc1c(/C(C)=C/C(=O)N2CCN(Cc3ccccn3)CC2)cc2c(C)c(C)oc2c1C. The summed E-state index contributed by atoms with van der Waals surface area (Å²) in [7, 11) is 1.66. The summed E-state index contributed by atoms with van der Waals surface area (Å²) in [6.07, 6.45) is 3.56. The van der Waals surface area contributed by atoms with Gasteiger partial charge in [-0.05, 0) is 57.0 Å². The summed E-state index contributed by atoms with van der Waals surface area (Å²) in [5, 5.41) is 1.07. The third-order valence-electron chi connectivity index (χ3n) is 6.41. The van der Waals surface area contributed by atoms with Gasteiger partial charge in [0.25, 0.3) is 0 Å². The van der Waals surface area contributed by atoms with Gasteiger partial charge < -0.3 is 14.1 Å². The summed E-state index contributed by atoms with van der Waals surface area (Å²) in [6.45, 7) is 11.9. The van der Waals surface area contributed by atoms with Crippen molar-refractivity contribution in [3.63, 3.8) is 0 Å². The fourth-order valence-electron chi connectivity index (χ4n) is 4.37. The highest BCUT2D eigenvalue weighted by Crippen LogP contribution is 2.38. The summed E-state index contributed by atoms with van der Waals surface area (Å²) in [5.74, 6) is 1.71. The van der Waals surface area contributed by atoms with Crippen molar-refractivity contribution in [3.8, 4) is 5.75 Å². The van der Waals surface area contributed by atoms with E-state index in [1.54, 1.807) is 13.2 Å². The number of nitrogens with zero attached hydrogens (tertiary/aromatic N) is 3. The van der Waals surface area contributed by atoms with Crippen LogP contribution in [0.5, 0.6) is 5.75 Å². The molecule has 0 saturated carbocycles.